The number of hydrogen-bond donors (Lipinski definition) is 0. The molecule has 4 heteroatoms. The van der Waals surface area contributed by atoms with E-state index >= 15 is 0 Å². The number of benzene rings is 1. The van der Waals surface area contributed by atoms with E-state index in [1.165, 1.54) is 11.3 Å². The summed E-state index contributed by atoms with van der Waals surface area (Å²) < 4.78 is 0. The maximum Gasteiger partial charge on any atom is 0.106 e. The van der Waals surface area contributed by atoms with Gasteiger partial charge >= 0.3 is 0 Å². The molecule has 1 aliphatic carbocycles. The first-order valence-electron chi connectivity index (χ1n) is 6.98. The van der Waals surface area contributed by atoms with Gasteiger partial charge in [0.1, 0.15) is 7.11 Å². The highest BCUT2D eigenvalue weighted by atomic mass is 16.6. The molecule has 1 aliphatic rings. The highest BCUT2D eigenvalue weighted by Crippen LogP contribution is 2.31. The van der Waals surface area contributed by atoms with E-state index in [2.05, 4.69) is 65.5 Å². The summed E-state index contributed by atoms with van der Waals surface area (Å²) in [6, 6.07) is 6.43. The summed E-state index contributed by atoms with van der Waals surface area (Å²) in [6.07, 6.45) is 8.40. The minimum absolute atomic E-state index is 0.275. The van der Waals surface area contributed by atoms with E-state index in [9.17, 15) is 0 Å². The van der Waals surface area contributed by atoms with E-state index in [4.69, 9.17) is 4.84 Å². The molecule has 0 saturated carbocycles. The quantitative estimate of drug-likeness (QED) is 0.615. The van der Waals surface area contributed by atoms with Crippen molar-refractivity contribution in [2.75, 3.05) is 40.2 Å². The summed E-state index contributed by atoms with van der Waals surface area (Å²) >= 11 is 0. The van der Waals surface area contributed by atoms with Crippen LogP contribution in [0.2, 0.25) is 0 Å². The highest BCUT2D eigenvalue weighted by molar-refractivity contribution is 5.84. The van der Waals surface area contributed by atoms with Gasteiger partial charge in [-0.15, -0.1) is 0 Å². The summed E-state index contributed by atoms with van der Waals surface area (Å²) in [6.45, 7) is 0. The third-order valence-electron chi connectivity index (χ3n) is 3.58. The van der Waals surface area contributed by atoms with E-state index in [1.54, 1.807) is 13.3 Å². The molecule has 1 aromatic rings. The zero-order valence-corrected chi connectivity index (χ0v) is 13.4. The SMILES string of the molecule is CON=Cc1cc(N(C)C)ccc1C1C=CC(N(C)C)=C1. The van der Waals surface area contributed by atoms with Crippen LogP contribution >= 0.6 is 0 Å². The zero-order valence-electron chi connectivity index (χ0n) is 13.4. The Kier molecular flexibility index (Phi) is 4.68. The number of allylic oxidation sites excluding steroid dienone is 3. The molecule has 0 radical (unpaired) electrons. The van der Waals surface area contributed by atoms with Gasteiger partial charge in [-0.3, -0.25) is 0 Å². The number of likely N-dealkylation sites (N-methyl/N-ethyl adjacent to an activating group) is 1. The van der Waals surface area contributed by atoms with Gasteiger partial charge < -0.3 is 14.6 Å². The van der Waals surface area contributed by atoms with Crippen molar-refractivity contribution in [1.82, 2.24) is 4.90 Å². The molecule has 0 bridgehead atoms. The van der Waals surface area contributed by atoms with E-state index in [0.29, 0.717) is 0 Å². The van der Waals surface area contributed by atoms with E-state index in [1.807, 2.05) is 14.1 Å². The average molecular weight is 285 g/mol. The molecule has 2 rings (SSSR count). The van der Waals surface area contributed by atoms with Crippen molar-refractivity contribution in [2.45, 2.75) is 5.92 Å². The van der Waals surface area contributed by atoms with Gasteiger partial charge in [0.2, 0.25) is 0 Å². The van der Waals surface area contributed by atoms with Gasteiger partial charge in [-0.1, -0.05) is 17.3 Å². The van der Waals surface area contributed by atoms with Gasteiger partial charge in [0.15, 0.2) is 0 Å². The summed E-state index contributed by atoms with van der Waals surface area (Å²) in [5, 5.41) is 3.93. The second kappa shape index (κ2) is 6.48. The molecule has 0 amide bonds. The van der Waals surface area contributed by atoms with Gasteiger partial charge in [0.05, 0.1) is 6.21 Å². The summed E-state index contributed by atoms with van der Waals surface area (Å²) in [7, 11) is 9.74. The summed E-state index contributed by atoms with van der Waals surface area (Å²) in [4.78, 5) is 9.04. The first kappa shape index (κ1) is 15.2. The molecule has 0 aromatic heterocycles. The maximum absolute atomic E-state index is 4.84. The van der Waals surface area contributed by atoms with Gasteiger partial charge in [0.25, 0.3) is 0 Å². The number of hydrogen-bond acceptors (Lipinski definition) is 4. The van der Waals surface area contributed by atoms with Crippen molar-refractivity contribution in [3.8, 4) is 0 Å². The lowest BCUT2D eigenvalue weighted by Gasteiger charge is -2.17. The molecule has 21 heavy (non-hydrogen) atoms. The van der Waals surface area contributed by atoms with Gasteiger partial charge in [-0.25, -0.2) is 0 Å². The fraction of sp³-hybridized carbons (Fsp3) is 0.353. The predicted octanol–water partition coefficient (Wildman–Crippen LogP) is 2.83. The monoisotopic (exact) mass is 285 g/mol. The minimum Gasteiger partial charge on any atom is -0.399 e. The topological polar surface area (TPSA) is 28.1 Å². The number of rotatable bonds is 5. The van der Waals surface area contributed by atoms with Crippen LogP contribution in [-0.2, 0) is 4.84 Å². The van der Waals surface area contributed by atoms with E-state index < -0.39 is 0 Å². The summed E-state index contributed by atoms with van der Waals surface area (Å²) in [5.74, 6) is 0.275. The van der Waals surface area contributed by atoms with Crippen LogP contribution in [0, 0.1) is 0 Å². The molecule has 112 valence electrons. The van der Waals surface area contributed by atoms with E-state index in [-0.39, 0.29) is 5.92 Å². The average Bonchev–Trinajstić information content (AvgIpc) is 2.94. The Labute approximate surface area is 127 Å². The van der Waals surface area contributed by atoms with Crippen LogP contribution in [0.15, 0.2) is 47.3 Å². The van der Waals surface area contributed by atoms with E-state index in [0.717, 1.165) is 11.3 Å². The third kappa shape index (κ3) is 3.45. The van der Waals surface area contributed by atoms with Crippen molar-refractivity contribution in [3.63, 3.8) is 0 Å². The van der Waals surface area contributed by atoms with Crippen LogP contribution in [0.3, 0.4) is 0 Å². The molecule has 0 N–H and O–H groups in total. The van der Waals surface area contributed by atoms with Crippen LogP contribution in [0.5, 0.6) is 0 Å². The Bertz CT molecular complexity index is 586. The Morgan fingerprint density at radius 1 is 1.14 bits per heavy atom. The van der Waals surface area contributed by atoms with Crippen molar-refractivity contribution in [2.24, 2.45) is 5.16 Å². The normalized spacial score (nSPS) is 17.2. The number of nitrogens with zero attached hydrogens (tertiary/aromatic N) is 3. The number of oxime groups is 1. The van der Waals surface area contributed by atoms with Gasteiger partial charge in [-0.05, 0) is 29.8 Å². The van der Waals surface area contributed by atoms with Crippen molar-refractivity contribution in [1.29, 1.82) is 0 Å². The standard InChI is InChI=1S/C17H23N3O/c1-19(2)15-7-6-13(10-15)17-9-8-16(20(3)4)11-14(17)12-18-21-5/h6-13H,1-5H3. The Morgan fingerprint density at radius 2 is 1.90 bits per heavy atom. The highest BCUT2D eigenvalue weighted by Gasteiger charge is 2.16. The molecule has 0 aliphatic heterocycles. The molecular formula is C17H23N3O. The van der Waals surface area contributed by atoms with Crippen LogP contribution in [0.25, 0.3) is 0 Å². The molecule has 0 fully saturated rings. The van der Waals surface area contributed by atoms with Crippen LogP contribution in [-0.4, -0.2) is 46.4 Å². The molecular weight excluding hydrogens is 262 g/mol. The van der Waals surface area contributed by atoms with Crippen molar-refractivity contribution >= 4 is 11.9 Å². The van der Waals surface area contributed by atoms with Gasteiger partial charge in [-0.2, -0.15) is 0 Å². The van der Waals surface area contributed by atoms with Crippen molar-refractivity contribution in [3.05, 3.63) is 53.3 Å². The first-order chi connectivity index (χ1) is 10.0. The molecule has 1 atom stereocenters. The Morgan fingerprint density at radius 3 is 2.48 bits per heavy atom. The van der Waals surface area contributed by atoms with Crippen LogP contribution < -0.4 is 4.90 Å². The predicted molar refractivity (Wildman–Crippen MR) is 89.0 cm³/mol. The molecule has 0 heterocycles. The zero-order chi connectivity index (χ0) is 15.4. The second-order valence-corrected chi connectivity index (χ2v) is 5.50. The minimum atomic E-state index is 0.275. The molecule has 1 unspecified atom stereocenters. The smallest absolute Gasteiger partial charge is 0.106 e. The lowest BCUT2D eigenvalue weighted by atomic mass is 9.95. The first-order valence-corrected chi connectivity index (χ1v) is 6.98. The molecule has 1 aromatic carbocycles. The lowest BCUT2D eigenvalue weighted by Crippen LogP contribution is -2.10. The van der Waals surface area contributed by atoms with Crippen LogP contribution in [0.4, 0.5) is 5.69 Å². The fourth-order valence-electron chi connectivity index (χ4n) is 2.35. The second-order valence-electron chi connectivity index (χ2n) is 5.50. The van der Waals surface area contributed by atoms with Gasteiger partial charge in [0, 0.05) is 51.1 Å². The largest absolute Gasteiger partial charge is 0.399 e. The number of anilines is 1. The van der Waals surface area contributed by atoms with Crippen molar-refractivity contribution < 1.29 is 4.84 Å². The molecule has 0 spiro atoms. The fourth-order valence-corrected chi connectivity index (χ4v) is 2.35. The maximum atomic E-state index is 4.84. The lowest BCUT2D eigenvalue weighted by molar-refractivity contribution is 0.215. The Hall–Kier alpha value is -2.23. The summed E-state index contributed by atoms with van der Waals surface area (Å²) in [5.41, 5.74) is 4.69. The Balaban J connectivity index is 2.39. The molecule has 4 nitrogen and oxygen atoms in total. The third-order valence-corrected chi connectivity index (χ3v) is 3.58. The molecule has 0 saturated heterocycles. The van der Waals surface area contributed by atoms with Crippen LogP contribution in [0.1, 0.15) is 17.0 Å².